The summed E-state index contributed by atoms with van der Waals surface area (Å²) in [6.07, 6.45) is 1.59. The first-order valence-electron chi connectivity index (χ1n) is 6.20. The van der Waals surface area contributed by atoms with Gasteiger partial charge in [0.15, 0.2) is 0 Å². The number of nitrogens with zero attached hydrogens (tertiary/aromatic N) is 1. The van der Waals surface area contributed by atoms with Gasteiger partial charge in [-0.25, -0.2) is 4.98 Å². The highest BCUT2D eigenvalue weighted by Gasteiger charge is 2.11. The van der Waals surface area contributed by atoms with Gasteiger partial charge in [-0.2, -0.15) is 0 Å². The second kappa shape index (κ2) is 6.58. The van der Waals surface area contributed by atoms with Crippen LogP contribution in [0.25, 0.3) is 0 Å². The van der Waals surface area contributed by atoms with Gasteiger partial charge >= 0.3 is 0 Å². The van der Waals surface area contributed by atoms with Crippen molar-refractivity contribution < 1.29 is 14.3 Å². The van der Waals surface area contributed by atoms with Crippen molar-refractivity contribution >= 4 is 27.5 Å². The Morgan fingerprint density at radius 2 is 1.76 bits per heavy atom. The van der Waals surface area contributed by atoms with Crippen molar-refractivity contribution in [2.75, 3.05) is 19.5 Å². The van der Waals surface area contributed by atoms with Crippen LogP contribution in [0.2, 0.25) is 0 Å². The van der Waals surface area contributed by atoms with Gasteiger partial charge in [-0.05, 0) is 46.6 Å². The fraction of sp³-hybridized carbons (Fsp3) is 0.200. The quantitative estimate of drug-likeness (QED) is 0.858. The fourth-order valence-electron chi connectivity index (χ4n) is 1.77. The fourth-order valence-corrected chi connectivity index (χ4v) is 1.99. The molecule has 0 aliphatic carbocycles. The van der Waals surface area contributed by atoms with Crippen molar-refractivity contribution in [2.24, 2.45) is 0 Å². The number of pyridine rings is 1. The van der Waals surface area contributed by atoms with E-state index < -0.39 is 0 Å². The Labute approximate surface area is 131 Å². The molecule has 110 valence electrons. The number of hydrogen-bond donors (Lipinski definition) is 1. The average molecular weight is 351 g/mol. The molecule has 0 fully saturated rings. The van der Waals surface area contributed by atoms with Crippen LogP contribution in [-0.2, 0) is 0 Å². The number of rotatable bonds is 4. The van der Waals surface area contributed by atoms with Crippen LogP contribution in [0.5, 0.6) is 11.5 Å². The summed E-state index contributed by atoms with van der Waals surface area (Å²) in [6.45, 7) is 1.90. The Kier molecular flexibility index (Phi) is 4.80. The Bertz CT molecular complexity index is 652. The van der Waals surface area contributed by atoms with E-state index in [1.807, 2.05) is 13.0 Å². The van der Waals surface area contributed by atoms with Gasteiger partial charge in [0.05, 0.1) is 26.1 Å². The second-order valence-electron chi connectivity index (χ2n) is 4.39. The molecule has 5 nitrogen and oxygen atoms in total. The van der Waals surface area contributed by atoms with Crippen LogP contribution in [0.1, 0.15) is 15.9 Å². The predicted octanol–water partition coefficient (Wildman–Crippen LogP) is 3.42. The smallest absolute Gasteiger partial charge is 0.255 e. The minimum atomic E-state index is -0.254. The van der Waals surface area contributed by atoms with E-state index in [9.17, 15) is 4.79 Å². The minimum Gasteiger partial charge on any atom is -0.497 e. The van der Waals surface area contributed by atoms with E-state index in [2.05, 4.69) is 26.2 Å². The van der Waals surface area contributed by atoms with E-state index in [4.69, 9.17) is 9.47 Å². The highest BCUT2D eigenvalue weighted by molar-refractivity contribution is 9.10. The zero-order valence-electron chi connectivity index (χ0n) is 11.9. The van der Waals surface area contributed by atoms with Crippen molar-refractivity contribution in [2.45, 2.75) is 6.92 Å². The number of anilines is 1. The number of methoxy groups -OCH3 is 2. The summed E-state index contributed by atoms with van der Waals surface area (Å²) in [7, 11) is 3.08. The van der Waals surface area contributed by atoms with Gasteiger partial charge in [0.2, 0.25) is 0 Å². The first-order chi connectivity index (χ1) is 10.0. The maximum Gasteiger partial charge on any atom is 0.255 e. The summed E-state index contributed by atoms with van der Waals surface area (Å²) in [4.78, 5) is 16.4. The molecule has 2 rings (SSSR count). The molecule has 1 aromatic heterocycles. The Hall–Kier alpha value is -2.08. The summed E-state index contributed by atoms with van der Waals surface area (Å²) in [5.74, 6) is 0.866. The lowest BCUT2D eigenvalue weighted by atomic mass is 10.2. The molecule has 2 aromatic rings. The van der Waals surface area contributed by atoms with Gasteiger partial charge in [0.25, 0.3) is 5.91 Å². The number of aryl methyl sites for hydroxylation is 1. The predicted molar refractivity (Wildman–Crippen MR) is 84.2 cm³/mol. The number of ether oxygens (including phenoxy) is 2. The summed E-state index contributed by atoms with van der Waals surface area (Å²) in [5, 5.41) is 2.80. The third kappa shape index (κ3) is 3.72. The molecule has 0 saturated carbocycles. The molecule has 1 heterocycles. The number of hydrogen-bond acceptors (Lipinski definition) is 4. The number of carbonyl (C=O) groups is 1. The summed E-state index contributed by atoms with van der Waals surface area (Å²) < 4.78 is 11.1. The largest absolute Gasteiger partial charge is 0.497 e. The molecule has 1 amide bonds. The molecule has 1 aromatic carbocycles. The number of carbonyl (C=O) groups excluding carboxylic acids is 1. The van der Waals surface area contributed by atoms with Gasteiger partial charge in [-0.15, -0.1) is 0 Å². The Morgan fingerprint density at radius 3 is 2.29 bits per heavy atom. The molecule has 0 bridgehead atoms. The van der Waals surface area contributed by atoms with Gasteiger partial charge < -0.3 is 14.8 Å². The van der Waals surface area contributed by atoms with Crippen LogP contribution < -0.4 is 14.8 Å². The molecule has 0 aliphatic heterocycles. The van der Waals surface area contributed by atoms with Gasteiger partial charge in [0, 0.05) is 11.6 Å². The number of aromatic nitrogens is 1. The first kappa shape index (κ1) is 15.3. The molecule has 0 spiro atoms. The summed E-state index contributed by atoms with van der Waals surface area (Å²) >= 11 is 3.32. The SMILES string of the molecule is COc1cc(OC)cc(C(=O)Nc2cnc(Br)c(C)c2)c1. The highest BCUT2D eigenvalue weighted by atomic mass is 79.9. The number of amides is 1. The van der Waals surface area contributed by atoms with Gasteiger partial charge in [-0.3, -0.25) is 4.79 Å². The molecule has 0 atom stereocenters. The normalized spacial score (nSPS) is 10.1. The van der Waals surface area contributed by atoms with Crippen LogP contribution in [0.15, 0.2) is 35.1 Å². The molecule has 6 heteroatoms. The first-order valence-corrected chi connectivity index (χ1v) is 6.99. The molecule has 0 saturated heterocycles. The second-order valence-corrected chi connectivity index (χ2v) is 5.14. The summed E-state index contributed by atoms with van der Waals surface area (Å²) in [5.41, 5.74) is 2.02. The third-order valence-electron chi connectivity index (χ3n) is 2.89. The lowest BCUT2D eigenvalue weighted by Crippen LogP contribution is -2.12. The Balaban J connectivity index is 2.25. The van der Waals surface area contributed by atoms with Crippen LogP contribution in [-0.4, -0.2) is 25.1 Å². The maximum atomic E-state index is 12.3. The zero-order valence-corrected chi connectivity index (χ0v) is 13.5. The molecule has 0 unspecified atom stereocenters. The number of benzene rings is 1. The molecule has 0 radical (unpaired) electrons. The van der Waals surface area contributed by atoms with Crippen molar-refractivity contribution in [1.29, 1.82) is 0 Å². The zero-order chi connectivity index (χ0) is 15.4. The van der Waals surface area contributed by atoms with Crippen LogP contribution in [0.4, 0.5) is 5.69 Å². The lowest BCUT2D eigenvalue weighted by Gasteiger charge is -2.09. The van der Waals surface area contributed by atoms with E-state index in [0.29, 0.717) is 22.7 Å². The van der Waals surface area contributed by atoms with Gasteiger partial charge in [-0.1, -0.05) is 0 Å². The van der Waals surface area contributed by atoms with Crippen LogP contribution in [0, 0.1) is 6.92 Å². The van der Waals surface area contributed by atoms with Gasteiger partial charge in [0.1, 0.15) is 16.1 Å². The highest BCUT2D eigenvalue weighted by Crippen LogP contribution is 2.23. The van der Waals surface area contributed by atoms with Crippen molar-refractivity contribution in [3.05, 3.63) is 46.2 Å². The molecular formula is C15H15BrN2O3. The topological polar surface area (TPSA) is 60.5 Å². The van der Waals surface area contributed by atoms with Crippen LogP contribution in [0.3, 0.4) is 0 Å². The van der Waals surface area contributed by atoms with Crippen molar-refractivity contribution in [3.8, 4) is 11.5 Å². The molecular weight excluding hydrogens is 336 g/mol. The molecule has 1 N–H and O–H groups in total. The van der Waals surface area contributed by atoms with E-state index in [1.165, 1.54) is 0 Å². The van der Waals surface area contributed by atoms with E-state index in [0.717, 1.165) is 10.2 Å². The van der Waals surface area contributed by atoms with E-state index in [-0.39, 0.29) is 5.91 Å². The minimum absolute atomic E-state index is 0.254. The molecule has 21 heavy (non-hydrogen) atoms. The monoisotopic (exact) mass is 350 g/mol. The van der Waals surface area contributed by atoms with E-state index in [1.54, 1.807) is 38.6 Å². The Morgan fingerprint density at radius 1 is 1.14 bits per heavy atom. The average Bonchev–Trinajstić information content (AvgIpc) is 2.50. The number of nitrogens with one attached hydrogen (secondary N) is 1. The summed E-state index contributed by atoms with van der Waals surface area (Å²) in [6, 6.07) is 6.85. The van der Waals surface area contributed by atoms with Crippen molar-refractivity contribution in [1.82, 2.24) is 4.98 Å². The maximum absolute atomic E-state index is 12.3. The van der Waals surface area contributed by atoms with Crippen molar-refractivity contribution in [3.63, 3.8) is 0 Å². The standard InChI is InChI=1S/C15H15BrN2O3/c1-9-4-11(8-17-14(9)16)18-15(19)10-5-12(20-2)7-13(6-10)21-3/h4-8H,1-3H3,(H,18,19). The van der Waals surface area contributed by atoms with E-state index >= 15 is 0 Å². The third-order valence-corrected chi connectivity index (χ3v) is 3.72. The number of halogens is 1. The molecule has 0 aliphatic rings. The van der Waals surface area contributed by atoms with Crippen LogP contribution >= 0.6 is 15.9 Å². The lowest BCUT2D eigenvalue weighted by molar-refractivity contribution is 0.102.